The molecule has 18 heavy (non-hydrogen) atoms. The number of para-hydroxylation sites is 1. The minimum atomic E-state index is -0.714. The molecule has 1 fully saturated rings. The van der Waals surface area contributed by atoms with E-state index in [4.69, 9.17) is 4.74 Å². The van der Waals surface area contributed by atoms with Crippen LogP contribution >= 0.6 is 0 Å². The van der Waals surface area contributed by atoms with Crippen molar-refractivity contribution >= 4 is 11.7 Å². The molecule has 0 spiro atoms. The predicted molar refractivity (Wildman–Crippen MR) is 69.8 cm³/mol. The van der Waals surface area contributed by atoms with Gasteiger partial charge >= 0.3 is 5.97 Å². The molecule has 1 heterocycles. The van der Waals surface area contributed by atoms with Crippen molar-refractivity contribution < 1.29 is 14.6 Å². The van der Waals surface area contributed by atoms with Gasteiger partial charge < -0.3 is 14.7 Å². The number of ether oxygens (including phenoxy) is 1. The zero-order valence-electron chi connectivity index (χ0n) is 10.6. The van der Waals surface area contributed by atoms with Gasteiger partial charge in [0.05, 0.1) is 5.41 Å². The number of rotatable bonds is 4. The van der Waals surface area contributed by atoms with Crippen molar-refractivity contribution in [1.82, 2.24) is 0 Å². The van der Waals surface area contributed by atoms with Crippen molar-refractivity contribution in [3.05, 3.63) is 30.3 Å². The second kappa shape index (κ2) is 5.40. The van der Waals surface area contributed by atoms with Crippen LogP contribution in [0.4, 0.5) is 5.69 Å². The number of hydrogen-bond acceptors (Lipinski definition) is 3. The predicted octanol–water partition coefficient (Wildman–Crippen LogP) is 2.00. The average molecular weight is 249 g/mol. The highest BCUT2D eigenvalue weighted by Crippen LogP contribution is 2.32. The van der Waals surface area contributed by atoms with Crippen LogP contribution in [0.15, 0.2) is 30.3 Å². The summed E-state index contributed by atoms with van der Waals surface area (Å²) in [5.74, 6) is -0.714. The van der Waals surface area contributed by atoms with Gasteiger partial charge in [0.1, 0.15) is 0 Å². The van der Waals surface area contributed by atoms with E-state index in [2.05, 4.69) is 0 Å². The Morgan fingerprint density at radius 2 is 1.94 bits per heavy atom. The molecule has 0 atom stereocenters. The minimum Gasteiger partial charge on any atom is -0.481 e. The Hall–Kier alpha value is -1.55. The standard InChI is InChI=1S/C14H19NO3/c1-15(12-5-3-2-4-6-12)11-14(13(16)17)7-9-18-10-8-14/h2-6H,7-11H2,1H3,(H,16,17). The van der Waals surface area contributed by atoms with E-state index in [0.717, 1.165) is 5.69 Å². The zero-order chi connectivity index (χ0) is 13.0. The van der Waals surface area contributed by atoms with Crippen LogP contribution in [0.25, 0.3) is 0 Å². The fourth-order valence-corrected chi connectivity index (χ4v) is 2.43. The highest BCUT2D eigenvalue weighted by Gasteiger charge is 2.41. The van der Waals surface area contributed by atoms with Crippen LogP contribution in [-0.4, -0.2) is 37.9 Å². The van der Waals surface area contributed by atoms with Gasteiger partial charge in [-0.25, -0.2) is 0 Å². The van der Waals surface area contributed by atoms with Crippen LogP contribution in [0, 0.1) is 5.41 Å². The Bertz CT molecular complexity index is 399. The lowest BCUT2D eigenvalue weighted by atomic mass is 9.79. The fraction of sp³-hybridized carbons (Fsp3) is 0.500. The molecule has 0 aromatic heterocycles. The molecule has 4 heteroatoms. The van der Waals surface area contributed by atoms with Crippen LogP contribution in [-0.2, 0) is 9.53 Å². The first-order valence-corrected chi connectivity index (χ1v) is 6.21. The Kier molecular flexibility index (Phi) is 3.87. The van der Waals surface area contributed by atoms with Gasteiger partial charge in [-0.1, -0.05) is 18.2 Å². The second-order valence-electron chi connectivity index (χ2n) is 4.89. The maximum absolute atomic E-state index is 11.6. The molecule has 1 aliphatic heterocycles. The minimum absolute atomic E-state index is 0.524. The number of carboxylic acids is 1. The summed E-state index contributed by atoms with van der Waals surface area (Å²) in [5, 5.41) is 9.50. The summed E-state index contributed by atoms with van der Waals surface area (Å²) in [4.78, 5) is 13.6. The third-order valence-corrected chi connectivity index (χ3v) is 3.64. The van der Waals surface area contributed by atoms with E-state index in [1.165, 1.54) is 0 Å². The molecule has 1 aliphatic rings. The smallest absolute Gasteiger partial charge is 0.311 e. The molecule has 98 valence electrons. The van der Waals surface area contributed by atoms with Gasteiger partial charge in [-0.05, 0) is 25.0 Å². The number of benzene rings is 1. The molecular formula is C14H19NO3. The monoisotopic (exact) mass is 249 g/mol. The number of carboxylic acid groups (broad SMARTS) is 1. The molecule has 2 rings (SSSR count). The van der Waals surface area contributed by atoms with Gasteiger partial charge in [0.2, 0.25) is 0 Å². The van der Waals surface area contributed by atoms with Gasteiger partial charge in [0.25, 0.3) is 0 Å². The third-order valence-electron chi connectivity index (χ3n) is 3.64. The summed E-state index contributed by atoms with van der Waals surface area (Å²) in [6, 6.07) is 9.87. The van der Waals surface area contributed by atoms with Crippen molar-refractivity contribution in [1.29, 1.82) is 0 Å². The first-order valence-electron chi connectivity index (χ1n) is 6.21. The molecule has 0 unspecified atom stereocenters. The lowest BCUT2D eigenvalue weighted by Gasteiger charge is -2.37. The fourth-order valence-electron chi connectivity index (χ4n) is 2.43. The molecule has 4 nitrogen and oxygen atoms in total. The quantitative estimate of drug-likeness (QED) is 0.886. The van der Waals surface area contributed by atoms with E-state index >= 15 is 0 Å². The van der Waals surface area contributed by atoms with Crippen molar-refractivity contribution in [2.24, 2.45) is 5.41 Å². The highest BCUT2D eigenvalue weighted by molar-refractivity contribution is 5.75. The van der Waals surface area contributed by atoms with E-state index in [0.29, 0.717) is 32.6 Å². The van der Waals surface area contributed by atoms with Crippen LogP contribution < -0.4 is 4.90 Å². The van der Waals surface area contributed by atoms with Crippen molar-refractivity contribution in [2.45, 2.75) is 12.8 Å². The summed E-state index contributed by atoms with van der Waals surface area (Å²) >= 11 is 0. The van der Waals surface area contributed by atoms with Gasteiger partial charge in [0.15, 0.2) is 0 Å². The van der Waals surface area contributed by atoms with E-state index in [9.17, 15) is 9.90 Å². The Morgan fingerprint density at radius 3 is 2.50 bits per heavy atom. The van der Waals surface area contributed by atoms with E-state index in [-0.39, 0.29) is 0 Å². The van der Waals surface area contributed by atoms with Crippen LogP contribution in [0.5, 0.6) is 0 Å². The summed E-state index contributed by atoms with van der Waals surface area (Å²) in [5.41, 5.74) is 0.368. The normalized spacial score (nSPS) is 18.3. The maximum Gasteiger partial charge on any atom is 0.311 e. The van der Waals surface area contributed by atoms with E-state index in [1.54, 1.807) is 0 Å². The average Bonchev–Trinajstić information content (AvgIpc) is 2.40. The first kappa shape index (κ1) is 12.9. The van der Waals surface area contributed by atoms with Crippen molar-refractivity contribution in [3.63, 3.8) is 0 Å². The Morgan fingerprint density at radius 1 is 1.33 bits per heavy atom. The van der Waals surface area contributed by atoms with Gasteiger partial charge in [-0.15, -0.1) is 0 Å². The molecule has 0 aliphatic carbocycles. The van der Waals surface area contributed by atoms with Gasteiger partial charge in [-0.3, -0.25) is 4.79 Å². The van der Waals surface area contributed by atoms with E-state index < -0.39 is 11.4 Å². The molecule has 0 amide bonds. The zero-order valence-corrected chi connectivity index (χ0v) is 10.6. The van der Waals surface area contributed by atoms with Crippen LogP contribution in [0.2, 0.25) is 0 Å². The van der Waals surface area contributed by atoms with Gasteiger partial charge in [0, 0.05) is 32.5 Å². The molecule has 1 aromatic rings. The second-order valence-corrected chi connectivity index (χ2v) is 4.89. The number of aliphatic carboxylic acids is 1. The van der Waals surface area contributed by atoms with E-state index in [1.807, 2.05) is 42.3 Å². The summed E-state index contributed by atoms with van der Waals surface area (Å²) in [6.45, 7) is 1.60. The van der Waals surface area contributed by atoms with Crippen molar-refractivity contribution in [2.75, 3.05) is 31.7 Å². The molecule has 1 saturated heterocycles. The lowest BCUT2D eigenvalue weighted by Crippen LogP contribution is -2.45. The van der Waals surface area contributed by atoms with Crippen LogP contribution in [0.1, 0.15) is 12.8 Å². The SMILES string of the molecule is CN(CC1(C(=O)O)CCOCC1)c1ccccc1. The first-order chi connectivity index (χ1) is 8.64. The summed E-state index contributed by atoms with van der Waals surface area (Å²) in [7, 11) is 1.94. The molecule has 0 radical (unpaired) electrons. The van der Waals surface area contributed by atoms with Crippen LogP contribution in [0.3, 0.4) is 0 Å². The summed E-state index contributed by atoms with van der Waals surface area (Å²) < 4.78 is 5.28. The molecule has 1 aromatic carbocycles. The topological polar surface area (TPSA) is 49.8 Å². The number of carbonyl (C=O) groups is 1. The molecular weight excluding hydrogens is 230 g/mol. The Balaban J connectivity index is 2.12. The summed E-state index contributed by atoms with van der Waals surface area (Å²) in [6.07, 6.45) is 1.17. The maximum atomic E-state index is 11.6. The van der Waals surface area contributed by atoms with Gasteiger partial charge in [-0.2, -0.15) is 0 Å². The number of nitrogens with zero attached hydrogens (tertiary/aromatic N) is 1. The number of hydrogen-bond donors (Lipinski definition) is 1. The molecule has 0 saturated carbocycles. The molecule has 0 bridgehead atoms. The largest absolute Gasteiger partial charge is 0.481 e. The highest BCUT2D eigenvalue weighted by atomic mass is 16.5. The number of anilines is 1. The Labute approximate surface area is 107 Å². The third kappa shape index (κ3) is 2.64. The lowest BCUT2D eigenvalue weighted by molar-refractivity contribution is -0.154. The molecule has 1 N–H and O–H groups in total. The van der Waals surface area contributed by atoms with Crippen molar-refractivity contribution in [3.8, 4) is 0 Å².